The Morgan fingerprint density at radius 3 is 2.08 bits per heavy atom. The molecule has 0 spiro atoms. The summed E-state index contributed by atoms with van der Waals surface area (Å²) >= 11 is 0. The summed E-state index contributed by atoms with van der Waals surface area (Å²) < 4.78 is 15.9. The lowest BCUT2D eigenvalue weighted by atomic mass is 10.1. The van der Waals surface area contributed by atoms with E-state index < -0.39 is 0 Å². The molecular formula is C20H26N2O4. The lowest BCUT2D eigenvalue weighted by Crippen LogP contribution is -2.34. The van der Waals surface area contributed by atoms with E-state index in [2.05, 4.69) is 10.2 Å². The van der Waals surface area contributed by atoms with E-state index in [0.29, 0.717) is 29.4 Å². The van der Waals surface area contributed by atoms with Crippen LogP contribution >= 0.6 is 0 Å². The summed E-state index contributed by atoms with van der Waals surface area (Å²) in [6.07, 6.45) is 0. The smallest absolute Gasteiger partial charge is 0.255 e. The Kier molecular flexibility index (Phi) is 6.86. The third-order valence-corrected chi connectivity index (χ3v) is 4.21. The summed E-state index contributed by atoms with van der Waals surface area (Å²) in [5.41, 5.74) is 1.53. The zero-order chi connectivity index (χ0) is 19.1. The van der Waals surface area contributed by atoms with Crippen molar-refractivity contribution in [2.45, 2.75) is 6.04 Å². The van der Waals surface area contributed by atoms with Crippen LogP contribution in [0.25, 0.3) is 0 Å². The van der Waals surface area contributed by atoms with Crippen molar-refractivity contribution in [1.29, 1.82) is 0 Å². The molecule has 0 saturated carbocycles. The predicted octanol–water partition coefficient (Wildman–Crippen LogP) is 2.75. The monoisotopic (exact) mass is 358 g/mol. The summed E-state index contributed by atoms with van der Waals surface area (Å²) in [5, 5.41) is 2.99. The zero-order valence-corrected chi connectivity index (χ0v) is 15.9. The van der Waals surface area contributed by atoms with E-state index in [1.807, 2.05) is 44.4 Å². The quantitative estimate of drug-likeness (QED) is 0.786. The van der Waals surface area contributed by atoms with Crippen molar-refractivity contribution in [3.63, 3.8) is 0 Å². The van der Waals surface area contributed by atoms with Crippen LogP contribution < -0.4 is 19.5 Å². The molecule has 0 bridgehead atoms. The number of nitrogens with one attached hydrogen (secondary N) is 1. The Hall–Kier alpha value is -2.73. The molecule has 6 nitrogen and oxygen atoms in total. The predicted molar refractivity (Wildman–Crippen MR) is 101 cm³/mol. The first kappa shape index (κ1) is 19.6. The number of hydrogen-bond acceptors (Lipinski definition) is 5. The van der Waals surface area contributed by atoms with Gasteiger partial charge in [-0.05, 0) is 19.7 Å². The van der Waals surface area contributed by atoms with Gasteiger partial charge in [0, 0.05) is 18.7 Å². The number of rotatable bonds is 8. The Balaban J connectivity index is 2.21. The van der Waals surface area contributed by atoms with Gasteiger partial charge in [0.15, 0.2) is 11.5 Å². The topological polar surface area (TPSA) is 60.0 Å². The molecule has 2 aromatic carbocycles. The van der Waals surface area contributed by atoms with Crippen LogP contribution in [-0.4, -0.2) is 52.8 Å². The fourth-order valence-electron chi connectivity index (χ4n) is 2.77. The van der Waals surface area contributed by atoms with Crippen LogP contribution in [0, 0.1) is 0 Å². The van der Waals surface area contributed by atoms with Gasteiger partial charge in [0.1, 0.15) is 5.75 Å². The molecule has 0 aliphatic rings. The van der Waals surface area contributed by atoms with Gasteiger partial charge in [0.25, 0.3) is 5.91 Å². The summed E-state index contributed by atoms with van der Waals surface area (Å²) in [5.74, 6) is 1.19. The number of methoxy groups -OCH3 is 3. The minimum atomic E-state index is -0.231. The standard InChI is InChI=1S/C20H26N2O4/c1-22(2)16(14-9-7-6-8-10-14)13-21-20(23)15-11-18(25-4)19(26-5)12-17(15)24-3/h6-12,16H,13H2,1-5H3,(H,21,23)/t16-/m0/s1. The lowest BCUT2D eigenvalue weighted by Gasteiger charge is -2.25. The highest BCUT2D eigenvalue weighted by molar-refractivity contribution is 5.97. The second-order valence-electron chi connectivity index (χ2n) is 6.01. The molecule has 0 fully saturated rings. The fraction of sp³-hybridized carbons (Fsp3) is 0.350. The molecule has 1 amide bonds. The molecule has 0 aliphatic carbocycles. The summed E-state index contributed by atoms with van der Waals surface area (Å²) in [6, 6.07) is 13.4. The van der Waals surface area contributed by atoms with E-state index in [4.69, 9.17) is 14.2 Å². The van der Waals surface area contributed by atoms with Gasteiger partial charge in [0.05, 0.1) is 32.9 Å². The van der Waals surface area contributed by atoms with Gasteiger partial charge in [-0.25, -0.2) is 0 Å². The van der Waals surface area contributed by atoms with Gasteiger partial charge in [0.2, 0.25) is 0 Å². The Labute approximate surface area is 154 Å². The highest BCUT2D eigenvalue weighted by atomic mass is 16.5. The average Bonchev–Trinajstić information content (AvgIpc) is 2.67. The molecule has 1 N–H and O–H groups in total. The van der Waals surface area contributed by atoms with Crippen molar-refractivity contribution in [2.75, 3.05) is 42.0 Å². The molecule has 2 aromatic rings. The van der Waals surface area contributed by atoms with E-state index in [1.54, 1.807) is 19.2 Å². The number of ether oxygens (including phenoxy) is 3. The molecule has 140 valence electrons. The molecule has 1 atom stereocenters. The number of nitrogens with zero attached hydrogens (tertiary/aromatic N) is 1. The minimum absolute atomic E-state index is 0.0614. The van der Waals surface area contributed by atoms with E-state index >= 15 is 0 Å². The second-order valence-corrected chi connectivity index (χ2v) is 6.01. The highest BCUT2D eigenvalue weighted by Crippen LogP contribution is 2.34. The second kappa shape index (κ2) is 9.10. The third kappa shape index (κ3) is 4.46. The van der Waals surface area contributed by atoms with E-state index in [9.17, 15) is 4.79 Å². The number of hydrogen-bond donors (Lipinski definition) is 1. The maximum Gasteiger partial charge on any atom is 0.255 e. The van der Waals surface area contributed by atoms with Gasteiger partial charge in [-0.1, -0.05) is 30.3 Å². The van der Waals surface area contributed by atoms with Crippen molar-refractivity contribution in [1.82, 2.24) is 10.2 Å². The summed E-state index contributed by atoms with van der Waals surface area (Å²) in [4.78, 5) is 14.8. The van der Waals surface area contributed by atoms with Crippen LogP contribution in [0.5, 0.6) is 17.2 Å². The van der Waals surface area contributed by atoms with Crippen LogP contribution in [0.15, 0.2) is 42.5 Å². The van der Waals surface area contributed by atoms with Crippen molar-refractivity contribution >= 4 is 5.91 Å². The molecule has 0 heterocycles. The normalized spacial score (nSPS) is 11.8. The number of carbonyl (C=O) groups is 1. The molecular weight excluding hydrogens is 332 g/mol. The number of benzene rings is 2. The minimum Gasteiger partial charge on any atom is -0.496 e. The van der Waals surface area contributed by atoms with Gasteiger partial charge in [-0.3, -0.25) is 4.79 Å². The first-order valence-electron chi connectivity index (χ1n) is 8.31. The van der Waals surface area contributed by atoms with Crippen LogP contribution in [0.4, 0.5) is 0 Å². The SMILES string of the molecule is COc1cc(OC)c(C(=O)NC[C@@H](c2ccccc2)N(C)C)cc1OC. The molecule has 0 unspecified atom stereocenters. The van der Waals surface area contributed by atoms with Crippen LogP contribution in [0.1, 0.15) is 22.0 Å². The molecule has 0 aromatic heterocycles. The van der Waals surface area contributed by atoms with Crippen molar-refractivity contribution in [3.05, 3.63) is 53.6 Å². The van der Waals surface area contributed by atoms with Crippen molar-refractivity contribution in [2.24, 2.45) is 0 Å². The van der Waals surface area contributed by atoms with Crippen molar-refractivity contribution in [3.8, 4) is 17.2 Å². The maximum atomic E-state index is 12.7. The number of likely N-dealkylation sites (N-methyl/N-ethyl adjacent to an activating group) is 1. The molecule has 0 aliphatic heterocycles. The Morgan fingerprint density at radius 1 is 0.962 bits per heavy atom. The first-order valence-corrected chi connectivity index (χ1v) is 8.31. The molecule has 0 saturated heterocycles. The maximum absolute atomic E-state index is 12.7. The zero-order valence-electron chi connectivity index (χ0n) is 15.9. The highest BCUT2D eigenvalue weighted by Gasteiger charge is 2.20. The average molecular weight is 358 g/mol. The van der Waals surface area contributed by atoms with Crippen LogP contribution in [-0.2, 0) is 0 Å². The molecule has 26 heavy (non-hydrogen) atoms. The fourth-order valence-corrected chi connectivity index (χ4v) is 2.77. The molecule has 6 heteroatoms. The third-order valence-electron chi connectivity index (χ3n) is 4.21. The number of amides is 1. The molecule has 2 rings (SSSR count). The number of carbonyl (C=O) groups excluding carboxylic acids is 1. The Bertz CT molecular complexity index is 732. The van der Waals surface area contributed by atoms with Gasteiger partial charge in [-0.15, -0.1) is 0 Å². The van der Waals surface area contributed by atoms with E-state index in [-0.39, 0.29) is 11.9 Å². The van der Waals surface area contributed by atoms with Gasteiger partial charge < -0.3 is 24.4 Å². The van der Waals surface area contributed by atoms with Gasteiger partial charge in [-0.2, -0.15) is 0 Å². The lowest BCUT2D eigenvalue weighted by molar-refractivity contribution is 0.0938. The van der Waals surface area contributed by atoms with Crippen LogP contribution in [0.2, 0.25) is 0 Å². The van der Waals surface area contributed by atoms with E-state index in [1.165, 1.54) is 14.2 Å². The molecule has 0 radical (unpaired) electrons. The van der Waals surface area contributed by atoms with Crippen LogP contribution in [0.3, 0.4) is 0 Å². The summed E-state index contributed by atoms with van der Waals surface area (Å²) in [6.45, 7) is 0.466. The van der Waals surface area contributed by atoms with E-state index in [0.717, 1.165) is 5.56 Å². The van der Waals surface area contributed by atoms with Gasteiger partial charge >= 0.3 is 0 Å². The largest absolute Gasteiger partial charge is 0.496 e. The van der Waals surface area contributed by atoms with Crippen molar-refractivity contribution < 1.29 is 19.0 Å². The summed E-state index contributed by atoms with van der Waals surface area (Å²) in [7, 11) is 8.56. The Morgan fingerprint density at radius 2 is 1.54 bits per heavy atom. The first-order chi connectivity index (χ1) is 12.5.